The van der Waals surface area contributed by atoms with Gasteiger partial charge in [-0.05, 0) is 56.0 Å². The molecule has 0 bridgehead atoms. The number of para-hydroxylation sites is 1. The van der Waals surface area contributed by atoms with Gasteiger partial charge in [0.2, 0.25) is 0 Å². The van der Waals surface area contributed by atoms with Gasteiger partial charge in [0.15, 0.2) is 5.11 Å². The minimum Gasteiger partial charge on any atom is -0.331 e. The molecular formula is C16H19N3S. The molecule has 3 rings (SSSR count). The largest absolute Gasteiger partial charge is 0.331 e. The van der Waals surface area contributed by atoms with Crippen molar-refractivity contribution in [1.82, 2.24) is 5.43 Å². The first-order valence-corrected chi connectivity index (χ1v) is 7.42. The third-order valence-corrected chi connectivity index (χ3v) is 4.36. The lowest BCUT2D eigenvalue weighted by Crippen LogP contribution is -2.36. The normalized spacial score (nSPS) is 25.2. The van der Waals surface area contributed by atoms with Crippen molar-refractivity contribution in [3.8, 4) is 0 Å². The lowest BCUT2D eigenvalue weighted by molar-refractivity contribution is 0.444. The summed E-state index contributed by atoms with van der Waals surface area (Å²) in [6.45, 7) is 4.15. The SMILES string of the molecule is Cc1cccc(C)c1NC(=S)N/N=C1\CC2CC=CC12. The Morgan fingerprint density at radius 2 is 2.05 bits per heavy atom. The molecule has 1 aromatic rings. The lowest BCUT2D eigenvalue weighted by Gasteiger charge is -2.31. The molecule has 2 N–H and O–H groups in total. The molecule has 4 heteroatoms. The summed E-state index contributed by atoms with van der Waals surface area (Å²) in [7, 11) is 0. The molecule has 20 heavy (non-hydrogen) atoms. The number of rotatable bonds is 2. The molecule has 0 saturated heterocycles. The molecule has 2 aliphatic carbocycles. The Balaban J connectivity index is 1.61. The minimum atomic E-state index is 0.547. The van der Waals surface area contributed by atoms with Crippen LogP contribution in [0.4, 0.5) is 5.69 Å². The zero-order chi connectivity index (χ0) is 14.1. The van der Waals surface area contributed by atoms with E-state index in [4.69, 9.17) is 12.2 Å². The van der Waals surface area contributed by atoms with Gasteiger partial charge >= 0.3 is 0 Å². The van der Waals surface area contributed by atoms with Crippen molar-refractivity contribution in [3.05, 3.63) is 41.5 Å². The van der Waals surface area contributed by atoms with Gasteiger partial charge in [0.05, 0.1) is 0 Å². The fraction of sp³-hybridized carbons (Fsp3) is 0.375. The average Bonchev–Trinajstić information content (AvgIpc) is 2.76. The second-order valence-electron chi connectivity index (χ2n) is 5.59. The summed E-state index contributed by atoms with van der Waals surface area (Å²) < 4.78 is 0. The average molecular weight is 285 g/mol. The molecule has 0 amide bonds. The van der Waals surface area contributed by atoms with Crippen LogP contribution in [0.25, 0.3) is 0 Å². The number of hydrazone groups is 1. The quantitative estimate of drug-likeness (QED) is 0.496. The van der Waals surface area contributed by atoms with Crippen molar-refractivity contribution in [2.24, 2.45) is 16.9 Å². The molecule has 0 radical (unpaired) electrons. The van der Waals surface area contributed by atoms with Gasteiger partial charge < -0.3 is 5.32 Å². The number of anilines is 1. The fourth-order valence-corrected chi connectivity index (χ4v) is 3.08. The third-order valence-electron chi connectivity index (χ3n) is 4.17. The lowest BCUT2D eigenvalue weighted by atomic mass is 9.74. The van der Waals surface area contributed by atoms with Gasteiger partial charge in [-0.25, -0.2) is 0 Å². The van der Waals surface area contributed by atoms with Gasteiger partial charge in [0.1, 0.15) is 0 Å². The highest BCUT2D eigenvalue weighted by molar-refractivity contribution is 7.80. The van der Waals surface area contributed by atoms with Crippen LogP contribution in [0.2, 0.25) is 0 Å². The Labute approximate surface area is 125 Å². The van der Waals surface area contributed by atoms with Crippen LogP contribution in [0, 0.1) is 25.7 Å². The van der Waals surface area contributed by atoms with Crippen LogP contribution < -0.4 is 10.7 Å². The maximum atomic E-state index is 5.32. The van der Waals surface area contributed by atoms with Gasteiger partial charge in [0, 0.05) is 17.3 Å². The van der Waals surface area contributed by atoms with Crippen molar-refractivity contribution < 1.29 is 0 Å². The van der Waals surface area contributed by atoms with E-state index in [0.717, 1.165) is 18.0 Å². The highest BCUT2D eigenvalue weighted by Gasteiger charge is 2.37. The summed E-state index contributed by atoms with van der Waals surface area (Å²) in [6.07, 6.45) is 6.81. The molecule has 2 aliphatic rings. The van der Waals surface area contributed by atoms with Gasteiger partial charge in [-0.15, -0.1) is 0 Å². The number of aryl methyl sites for hydroxylation is 2. The Kier molecular flexibility index (Phi) is 3.57. The Morgan fingerprint density at radius 1 is 1.30 bits per heavy atom. The number of hydrogen-bond acceptors (Lipinski definition) is 2. The second kappa shape index (κ2) is 5.37. The molecule has 0 spiro atoms. The predicted molar refractivity (Wildman–Crippen MR) is 88.1 cm³/mol. The molecule has 2 atom stereocenters. The minimum absolute atomic E-state index is 0.547. The van der Waals surface area contributed by atoms with E-state index in [1.54, 1.807) is 0 Å². The van der Waals surface area contributed by atoms with Gasteiger partial charge in [0.25, 0.3) is 0 Å². The summed E-state index contributed by atoms with van der Waals surface area (Å²) >= 11 is 5.32. The molecule has 1 fully saturated rings. The third kappa shape index (κ3) is 2.48. The van der Waals surface area contributed by atoms with Crippen LogP contribution in [0.15, 0.2) is 35.5 Å². The van der Waals surface area contributed by atoms with E-state index in [0.29, 0.717) is 11.0 Å². The van der Waals surface area contributed by atoms with Crippen LogP contribution in [0.3, 0.4) is 0 Å². The first kappa shape index (κ1) is 13.3. The van der Waals surface area contributed by atoms with E-state index in [9.17, 15) is 0 Å². The molecule has 0 aromatic heterocycles. The number of fused-ring (bicyclic) bond motifs is 1. The predicted octanol–water partition coefficient (Wildman–Crippen LogP) is 3.54. The van der Waals surface area contributed by atoms with Gasteiger partial charge in [-0.3, -0.25) is 5.43 Å². The van der Waals surface area contributed by atoms with Crippen LogP contribution in [0.5, 0.6) is 0 Å². The number of nitrogens with one attached hydrogen (secondary N) is 2. The summed E-state index contributed by atoms with van der Waals surface area (Å²) in [6, 6.07) is 6.20. The molecule has 104 valence electrons. The Hall–Kier alpha value is -1.68. The van der Waals surface area contributed by atoms with Crippen LogP contribution >= 0.6 is 12.2 Å². The standard InChI is InChI=1S/C16H19N3S/c1-10-5-3-6-11(2)15(10)17-16(20)19-18-14-9-12-7-4-8-13(12)14/h3-6,8,12-13H,7,9H2,1-2H3,(H2,17,19,20)/b18-14+. The van der Waals surface area contributed by atoms with Crippen molar-refractivity contribution >= 4 is 28.7 Å². The topological polar surface area (TPSA) is 36.4 Å². The number of benzene rings is 1. The molecule has 0 heterocycles. The second-order valence-corrected chi connectivity index (χ2v) is 6.00. The van der Waals surface area contributed by atoms with Crippen molar-refractivity contribution in [2.75, 3.05) is 5.32 Å². The first-order valence-electron chi connectivity index (χ1n) is 7.01. The Bertz CT molecular complexity index is 583. The molecule has 2 unspecified atom stereocenters. The number of allylic oxidation sites excluding steroid dienone is 2. The summed E-state index contributed by atoms with van der Waals surface area (Å²) in [5.41, 5.74) is 7.63. The van der Waals surface area contributed by atoms with Crippen LogP contribution in [-0.4, -0.2) is 10.8 Å². The molecule has 3 nitrogen and oxygen atoms in total. The van der Waals surface area contributed by atoms with Crippen LogP contribution in [-0.2, 0) is 0 Å². The van der Waals surface area contributed by atoms with E-state index in [1.165, 1.54) is 23.3 Å². The molecular weight excluding hydrogens is 266 g/mol. The zero-order valence-electron chi connectivity index (χ0n) is 11.8. The summed E-state index contributed by atoms with van der Waals surface area (Å²) in [5, 5.41) is 8.23. The zero-order valence-corrected chi connectivity index (χ0v) is 12.6. The van der Waals surface area contributed by atoms with Crippen LogP contribution in [0.1, 0.15) is 24.0 Å². The van der Waals surface area contributed by atoms with Crippen molar-refractivity contribution in [1.29, 1.82) is 0 Å². The monoisotopic (exact) mass is 285 g/mol. The smallest absolute Gasteiger partial charge is 0.191 e. The maximum absolute atomic E-state index is 5.32. The van der Waals surface area contributed by atoms with Crippen molar-refractivity contribution in [2.45, 2.75) is 26.7 Å². The highest BCUT2D eigenvalue weighted by atomic mass is 32.1. The Morgan fingerprint density at radius 3 is 2.75 bits per heavy atom. The van der Waals surface area contributed by atoms with Gasteiger partial charge in [-0.2, -0.15) is 5.10 Å². The van der Waals surface area contributed by atoms with E-state index in [-0.39, 0.29) is 0 Å². The summed E-state index contributed by atoms with van der Waals surface area (Å²) in [4.78, 5) is 0. The van der Waals surface area contributed by atoms with Gasteiger partial charge in [-0.1, -0.05) is 30.4 Å². The van der Waals surface area contributed by atoms with E-state index in [1.807, 2.05) is 6.07 Å². The van der Waals surface area contributed by atoms with E-state index >= 15 is 0 Å². The number of nitrogens with zero attached hydrogens (tertiary/aromatic N) is 1. The van der Waals surface area contributed by atoms with Crippen molar-refractivity contribution in [3.63, 3.8) is 0 Å². The number of hydrogen-bond donors (Lipinski definition) is 2. The van der Waals surface area contributed by atoms with E-state index < -0.39 is 0 Å². The highest BCUT2D eigenvalue weighted by Crippen LogP contribution is 2.40. The summed E-state index contributed by atoms with van der Waals surface area (Å²) in [5.74, 6) is 1.33. The fourth-order valence-electron chi connectivity index (χ4n) is 2.94. The number of thiocarbonyl (C=S) groups is 1. The molecule has 0 aliphatic heterocycles. The molecule has 1 saturated carbocycles. The van der Waals surface area contributed by atoms with E-state index in [2.05, 4.69) is 54.0 Å². The maximum Gasteiger partial charge on any atom is 0.191 e. The molecule has 1 aromatic carbocycles. The first-order chi connectivity index (χ1) is 9.65.